The normalized spacial score (nSPS) is 18.1. The summed E-state index contributed by atoms with van der Waals surface area (Å²) in [5.74, 6) is 0.951. The standard InChI is InChI=1S/C28H33N3O4/c1-28(2,3)34-25(32)18-20-9-11-21(12-10-20)22-13-15-23(16-14-22)26(33)30-27-29-24(31-35-27)17-19-7-5-4-6-8-19/h4-8,13-16,20-21H,9-12,17-18H2,1-3H3,(H,29,30,31,33). The average Bonchev–Trinajstić information content (AvgIpc) is 3.25. The molecule has 1 N–H and O–H groups in total. The van der Waals surface area contributed by atoms with Gasteiger partial charge in [0.05, 0.1) is 0 Å². The minimum absolute atomic E-state index is 0.0910. The van der Waals surface area contributed by atoms with Crippen molar-refractivity contribution in [2.45, 2.75) is 70.8 Å². The van der Waals surface area contributed by atoms with Gasteiger partial charge in [-0.15, -0.1) is 0 Å². The second kappa shape index (κ2) is 10.8. The molecule has 3 aromatic rings. The molecule has 184 valence electrons. The minimum atomic E-state index is -0.434. The highest BCUT2D eigenvalue weighted by Crippen LogP contribution is 2.37. The van der Waals surface area contributed by atoms with Gasteiger partial charge < -0.3 is 9.26 Å². The first-order valence-electron chi connectivity index (χ1n) is 12.2. The van der Waals surface area contributed by atoms with Crippen LogP contribution in [0, 0.1) is 5.92 Å². The molecule has 0 saturated heterocycles. The third-order valence-corrected chi connectivity index (χ3v) is 6.26. The van der Waals surface area contributed by atoms with Crippen molar-refractivity contribution in [3.8, 4) is 0 Å². The molecule has 7 nitrogen and oxygen atoms in total. The number of amides is 1. The van der Waals surface area contributed by atoms with Gasteiger partial charge in [-0.05, 0) is 81.5 Å². The number of anilines is 1. The number of carbonyl (C=O) groups is 2. The molecule has 35 heavy (non-hydrogen) atoms. The number of benzene rings is 2. The predicted octanol–water partition coefficient (Wildman–Crippen LogP) is 5.92. The third kappa shape index (κ3) is 7.25. The molecule has 0 aliphatic heterocycles. The molecule has 0 radical (unpaired) electrons. The molecule has 1 saturated carbocycles. The quantitative estimate of drug-likeness (QED) is 0.426. The number of nitrogens with zero attached hydrogens (tertiary/aromatic N) is 2. The maximum Gasteiger partial charge on any atom is 0.328 e. The zero-order valence-electron chi connectivity index (χ0n) is 20.6. The summed E-state index contributed by atoms with van der Waals surface area (Å²) in [4.78, 5) is 29.0. The van der Waals surface area contributed by atoms with E-state index < -0.39 is 5.60 Å². The Labute approximate surface area is 206 Å². The van der Waals surface area contributed by atoms with Gasteiger partial charge in [-0.3, -0.25) is 14.9 Å². The lowest BCUT2D eigenvalue weighted by atomic mass is 9.77. The van der Waals surface area contributed by atoms with Gasteiger partial charge in [0.2, 0.25) is 0 Å². The second-order valence-corrected chi connectivity index (χ2v) is 10.3. The Morgan fingerprint density at radius 2 is 1.69 bits per heavy atom. The number of rotatable bonds is 7. The van der Waals surface area contributed by atoms with Crippen LogP contribution in [0.4, 0.5) is 6.01 Å². The summed E-state index contributed by atoms with van der Waals surface area (Å²) < 4.78 is 10.7. The summed E-state index contributed by atoms with van der Waals surface area (Å²) in [6.45, 7) is 5.70. The topological polar surface area (TPSA) is 94.3 Å². The van der Waals surface area contributed by atoms with E-state index >= 15 is 0 Å². The average molecular weight is 476 g/mol. The van der Waals surface area contributed by atoms with Gasteiger partial charge in [0.15, 0.2) is 5.82 Å². The van der Waals surface area contributed by atoms with Gasteiger partial charge in [0, 0.05) is 18.4 Å². The fourth-order valence-corrected chi connectivity index (χ4v) is 4.55. The van der Waals surface area contributed by atoms with E-state index in [4.69, 9.17) is 9.26 Å². The molecule has 4 rings (SSSR count). The van der Waals surface area contributed by atoms with Crippen LogP contribution in [0.15, 0.2) is 59.1 Å². The highest BCUT2D eigenvalue weighted by molar-refractivity contribution is 6.03. The number of nitrogens with one attached hydrogen (secondary N) is 1. The monoisotopic (exact) mass is 475 g/mol. The van der Waals surface area contributed by atoms with Crippen LogP contribution in [0.5, 0.6) is 0 Å². The van der Waals surface area contributed by atoms with Crippen molar-refractivity contribution >= 4 is 17.9 Å². The Hall–Kier alpha value is -3.48. The molecule has 2 aromatic carbocycles. The Morgan fingerprint density at radius 3 is 2.34 bits per heavy atom. The first-order valence-corrected chi connectivity index (χ1v) is 12.2. The molecule has 1 amide bonds. The maximum atomic E-state index is 12.6. The smallest absolute Gasteiger partial charge is 0.328 e. The lowest BCUT2D eigenvalue weighted by Gasteiger charge is -2.29. The zero-order chi connectivity index (χ0) is 24.8. The molecule has 1 aliphatic rings. The van der Waals surface area contributed by atoms with E-state index in [0.29, 0.717) is 36.1 Å². The Kier molecular flexibility index (Phi) is 7.63. The van der Waals surface area contributed by atoms with Gasteiger partial charge in [-0.2, -0.15) is 4.98 Å². The molecular formula is C28H33N3O4. The third-order valence-electron chi connectivity index (χ3n) is 6.26. The molecule has 7 heteroatoms. The molecule has 0 bridgehead atoms. The van der Waals surface area contributed by atoms with Crippen molar-refractivity contribution in [3.05, 3.63) is 77.1 Å². The number of ether oxygens (including phenoxy) is 1. The van der Waals surface area contributed by atoms with Crippen molar-refractivity contribution in [1.29, 1.82) is 0 Å². The Bertz CT molecular complexity index is 1130. The van der Waals surface area contributed by atoms with Crippen molar-refractivity contribution in [1.82, 2.24) is 10.1 Å². The van der Waals surface area contributed by atoms with Crippen LogP contribution in [0.3, 0.4) is 0 Å². The van der Waals surface area contributed by atoms with Crippen molar-refractivity contribution in [2.24, 2.45) is 5.92 Å². The van der Waals surface area contributed by atoms with Crippen LogP contribution < -0.4 is 5.32 Å². The van der Waals surface area contributed by atoms with Gasteiger partial charge in [-0.25, -0.2) is 0 Å². The van der Waals surface area contributed by atoms with Gasteiger partial charge in [0.1, 0.15) is 5.60 Å². The van der Waals surface area contributed by atoms with Crippen LogP contribution >= 0.6 is 0 Å². The summed E-state index contributed by atoms with van der Waals surface area (Å²) in [6.07, 6.45) is 5.11. The van der Waals surface area contributed by atoms with E-state index in [1.165, 1.54) is 5.56 Å². The van der Waals surface area contributed by atoms with Crippen LogP contribution in [-0.2, 0) is 16.0 Å². The van der Waals surface area contributed by atoms with E-state index in [2.05, 4.69) is 15.5 Å². The summed E-state index contributed by atoms with van der Waals surface area (Å²) in [5.41, 5.74) is 2.40. The zero-order valence-corrected chi connectivity index (χ0v) is 20.6. The Balaban J connectivity index is 1.26. The molecule has 0 unspecified atom stereocenters. The fourth-order valence-electron chi connectivity index (χ4n) is 4.55. The maximum absolute atomic E-state index is 12.6. The number of carbonyl (C=O) groups excluding carboxylic acids is 2. The van der Waals surface area contributed by atoms with E-state index in [-0.39, 0.29) is 17.9 Å². The van der Waals surface area contributed by atoms with Gasteiger partial charge in [-0.1, -0.05) is 47.6 Å². The summed E-state index contributed by atoms with van der Waals surface area (Å²) in [7, 11) is 0. The molecule has 0 atom stereocenters. The first kappa shape index (κ1) is 24.6. The highest BCUT2D eigenvalue weighted by Gasteiger charge is 2.26. The lowest BCUT2D eigenvalue weighted by Crippen LogP contribution is -2.26. The summed E-state index contributed by atoms with van der Waals surface area (Å²) >= 11 is 0. The van der Waals surface area contributed by atoms with Crippen LogP contribution in [-0.4, -0.2) is 27.6 Å². The largest absolute Gasteiger partial charge is 0.460 e. The molecule has 1 fully saturated rings. The summed E-state index contributed by atoms with van der Waals surface area (Å²) in [6, 6.07) is 17.6. The number of aromatic nitrogens is 2. The number of hydrogen-bond acceptors (Lipinski definition) is 6. The molecule has 1 heterocycles. The van der Waals surface area contributed by atoms with Crippen molar-refractivity contribution < 1.29 is 18.8 Å². The summed E-state index contributed by atoms with van der Waals surface area (Å²) in [5, 5.41) is 6.63. The minimum Gasteiger partial charge on any atom is -0.460 e. The molecule has 0 spiro atoms. The SMILES string of the molecule is CC(C)(C)OC(=O)CC1CCC(c2ccc(C(=O)Nc3nc(Cc4ccccc4)no3)cc2)CC1. The molecule has 1 aliphatic carbocycles. The van der Waals surface area contributed by atoms with E-state index in [0.717, 1.165) is 31.2 Å². The van der Waals surface area contributed by atoms with Crippen molar-refractivity contribution in [3.63, 3.8) is 0 Å². The van der Waals surface area contributed by atoms with Crippen LogP contribution in [0.25, 0.3) is 0 Å². The van der Waals surface area contributed by atoms with E-state index in [1.54, 1.807) is 0 Å². The predicted molar refractivity (Wildman–Crippen MR) is 133 cm³/mol. The fraction of sp³-hybridized carbons (Fsp3) is 0.429. The Morgan fingerprint density at radius 1 is 1.00 bits per heavy atom. The van der Waals surface area contributed by atoms with E-state index in [1.807, 2.05) is 75.4 Å². The van der Waals surface area contributed by atoms with Crippen molar-refractivity contribution in [2.75, 3.05) is 5.32 Å². The van der Waals surface area contributed by atoms with Crippen LogP contribution in [0.1, 0.15) is 86.1 Å². The van der Waals surface area contributed by atoms with Gasteiger partial charge >= 0.3 is 12.0 Å². The number of hydrogen-bond donors (Lipinski definition) is 1. The van der Waals surface area contributed by atoms with Crippen LogP contribution in [0.2, 0.25) is 0 Å². The molecular weight excluding hydrogens is 442 g/mol. The lowest BCUT2D eigenvalue weighted by molar-refractivity contribution is -0.156. The first-order chi connectivity index (χ1) is 16.7. The molecule has 1 aromatic heterocycles. The van der Waals surface area contributed by atoms with E-state index in [9.17, 15) is 9.59 Å². The second-order valence-electron chi connectivity index (χ2n) is 10.3. The highest BCUT2D eigenvalue weighted by atomic mass is 16.6. The van der Waals surface area contributed by atoms with Gasteiger partial charge in [0.25, 0.3) is 5.91 Å². The number of esters is 1.